The number of nitrogens with zero attached hydrogens (tertiary/aromatic N) is 3. The molecule has 13 heteroatoms. The molecule has 46 heavy (non-hydrogen) atoms. The monoisotopic (exact) mass is 652 g/mol. The second-order valence-corrected chi connectivity index (χ2v) is 11.0. The molecule has 1 saturated carbocycles. The van der Waals surface area contributed by atoms with Gasteiger partial charge in [-0.05, 0) is 67.1 Å². The molecule has 2 heterocycles. The van der Waals surface area contributed by atoms with E-state index in [0.717, 1.165) is 86.8 Å². The van der Waals surface area contributed by atoms with Crippen LogP contribution in [0.4, 0.5) is 37.8 Å². The summed E-state index contributed by atoms with van der Waals surface area (Å²) in [4.78, 5) is 24.9. The predicted molar refractivity (Wildman–Crippen MR) is 164 cm³/mol. The zero-order valence-corrected chi connectivity index (χ0v) is 25.3. The van der Waals surface area contributed by atoms with Crippen molar-refractivity contribution >= 4 is 25.1 Å². The number of benzene rings is 2. The molecule has 2 aromatic carbocycles. The fraction of sp³-hybridized carbons (Fsp3) is 0.424. The molecule has 2 fully saturated rings. The normalized spacial score (nSPS) is 18.8. The molecular formula is C33H38F6N4O3. The number of hydrogen-bond acceptors (Lipinski definition) is 7. The van der Waals surface area contributed by atoms with Crippen LogP contribution in [-0.4, -0.2) is 68.0 Å². The molecule has 1 N–H and O–H groups in total. The molecule has 7 nitrogen and oxygen atoms in total. The predicted octanol–water partition coefficient (Wildman–Crippen LogP) is 6.96. The number of alkyl halides is 6. The summed E-state index contributed by atoms with van der Waals surface area (Å²) >= 11 is 0. The summed E-state index contributed by atoms with van der Waals surface area (Å²) in [6, 6.07) is 15.9. The van der Waals surface area contributed by atoms with Crippen molar-refractivity contribution in [3.8, 4) is 5.75 Å². The van der Waals surface area contributed by atoms with Crippen LogP contribution in [0.1, 0.15) is 42.4 Å². The van der Waals surface area contributed by atoms with Gasteiger partial charge in [-0.25, -0.2) is 4.98 Å². The molecule has 3 aromatic rings. The first kappa shape index (κ1) is 36.3. The van der Waals surface area contributed by atoms with Crippen LogP contribution in [-0.2, 0) is 28.7 Å². The molecule has 0 bridgehead atoms. The molecule has 2 aliphatic rings. The van der Waals surface area contributed by atoms with Gasteiger partial charge in [0.05, 0.1) is 18.1 Å². The smallest absolute Gasteiger partial charge is 0.416 e. The van der Waals surface area contributed by atoms with E-state index in [4.69, 9.17) is 14.3 Å². The quantitative estimate of drug-likeness (QED) is 0.264. The lowest BCUT2D eigenvalue weighted by molar-refractivity contribution is -0.137. The maximum Gasteiger partial charge on any atom is 0.416 e. The molecule has 0 radical (unpaired) electrons. The van der Waals surface area contributed by atoms with Crippen molar-refractivity contribution in [3.63, 3.8) is 0 Å². The molecule has 1 aliphatic heterocycles. The summed E-state index contributed by atoms with van der Waals surface area (Å²) in [5, 5.41) is 3.43. The lowest BCUT2D eigenvalue weighted by Crippen LogP contribution is -2.46. The average molecular weight is 653 g/mol. The number of halogens is 6. The van der Waals surface area contributed by atoms with Gasteiger partial charge in [-0.3, -0.25) is 4.90 Å². The average Bonchev–Trinajstić information content (AvgIpc) is 3.04. The third-order valence-corrected chi connectivity index (χ3v) is 7.81. The summed E-state index contributed by atoms with van der Waals surface area (Å²) in [7, 11) is 0. The highest BCUT2D eigenvalue weighted by atomic mass is 19.4. The Morgan fingerprint density at radius 1 is 0.783 bits per heavy atom. The molecule has 1 aromatic heterocycles. The van der Waals surface area contributed by atoms with Crippen molar-refractivity contribution in [3.05, 3.63) is 83.6 Å². The molecule has 1 aliphatic carbocycles. The second kappa shape index (κ2) is 17.0. The second-order valence-electron chi connectivity index (χ2n) is 11.0. The van der Waals surface area contributed by atoms with Gasteiger partial charge in [-0.1, -0.05) is 24.3 Å². The van der Waals surface area contributed by atoms with Crippen molar-refractivity contribution in [1.29, 1.82) is 0 Å². The molecule has 0 unspecified atom stereocenters. The molecule has 250 valence electrons. The van der Waals surface area contributed by atoms with E-state index in [2.05, 4.69) is 20.1 Å². The fourth-order valence-electron chi connectivity index (χ4n) is 5.54. The van der Waals surface area contributed by atoms with Gasteiger partial charge >= 0.3 is 12.4 Å². The Morgan fingerprint density at radius 2 is 1.37 bits per heavy atom. The number of anilines is 2. The van der Waals surface area contributed by atoms with Crippen LogP contribution in [0.2, 0.25) is 0 Å². The number of ether oxygens (including phenoxy) is 1. The van der Waals surface area contributed by atoms with E-state index < -0.39 is 24.3 Å². The Balaban J connectivity index is 0.00000139. The number of carbonyl (C=O) groups is 2. The van der Waals surface area contributed by atoms with E-state index in [1.54, 1.807) is 30.5 Å². The summed E-state index contributed by atoms with van der Waals surface area (Å²) in [5.41, 5.74) is 1.30. The zero-order chi connectivity index (χ0) is 33.7. The van der Waals surface area contributed by atoms with Crippen LogP contribution in [0, 0.1) is 0 Å². The molecular weight excluding hydrogens is 614 g/mol. The molecule has 0 spiro atoms. The SMILES string of the molecule is C=O.C=O.FC(F)(F)Cc1ccc(NC2CCC(Oc3ccnc(N4CCN(Cc5ccc(C(F)(F)F)cc5)CC4)c3)CC2)cc1. The van der Waals surface area contributed by atoms with E-state index in [-0.39, 0.29) is 17.7 Å². The van der Waals surface area contributed by atoms with Crippen LogP contribution >= 0.6 is 0 Å². The molecule has 0 atom stereocenters. The number of carbonyl (C=O) groups excluding carboxylic acids is 2. The minimum Gasteiger partial charge on any atom is -0.490 e. The van der Waals surface area contributed by atoms with Crippen LogP contribution in [0.15, 0.2) is 66.9 Å². The minimum absolute atomic E-state index is 0.0769. The minimum atomic E-state index is -4.33. The number of rotatable bonds is 8. The van der Waals surface area contributed by atoms with Crippen molar-refractivity contribution in [2.45, 2.75) is 63.1 Å². The first-order valence-electron chi connectivity index (χ1n) is 14.8. The summed E-state index contributed by atoms with van der Waals surface area (Å²) < 4.78 is 82.5. The lowest BCUT2D eigenvalue weighted by Gasteiger charge is -2.35. The molecule has 0 amide bonds. The maximum absolute atomic E-state index is 12.8. The third kappa shape index (κ3) is 11.3. The number of piperazine rings is 1. The van der Waals surface area contributed by atoms with E-state index in [0.29, 0.717) is 6.54 Å². The standard InChI is InChI=1S/C31H34F6N4O.2CH2O/c32-30(33,34)20-22-3-7-25(8-4-22)39-26-9-11-27(12-10-26)42-28-13-14-38-29(19-28)41-17-15-40(16-18-41)21-23-1-5-24(6-2-23)31(35,36)37;2*1-2/h1-8,13-14,19,26-27,39H,9-12,15-18,20-21H2;2*1H2. The first-order valence-corrected chi connectivity index (χ1v) is 14.8. The highest BCUT2D eigenvalue weighted by Gasteiger charge is 2.30. The Labute approximate surface area is 264 Å². The van der Waals surface area contributed by atoms with Gasteiger partial charge in [0.15, 0.2) is 0 Å². The number of aromatic nitrogens is 1. The summed E-state index contributed by atoms with van der Waals surface area (Å²) in [6.45, 7) is 7.66. The summed E-state index contributed by atoms with van der Waals surface area (Å²) in [5.74, 6) is 1.61. The Bertz CT molecular complexity index is 1320. The number of hydrogen-bond donors (Lipinski definition) is 1. The van der Waals surface area contributed by atoms with Gasteiger partial charge in [0.25, 0.3) is 0 Å². The highest BCUT2D eigenvalue weighted by Crippen LogP contribution is 2.30. The van der Waals surface area contributed by atoms with Crippen LogP contribution < -0.4 is 15.0 Å². The van der Waals surface area contributed by atoms with Crippen LogP contribution in [0.3, 0.4) is 0 Å². The summed E-state index contributed by atoms with van der Waals surface area (Å²) in [6.07, 6.45) is -4.11. The van der Waals surface area contributed by atoms with Crippen LogP contribution in [0.5, 0.6) is 5.75 Å². The number of pyridine rings is 1. The Kier molecular flexibility index (Phi) is 13.4. The Morgan fingerprint density at radius 3 is 1.93 bits per heavy atom. The van der Waals surface area contributed by atoms with Crippen molar-refractivity contribution in [1.82, 2.24) is 9.88 Å². The van der Waals surface area contributed by atoms with Crippen molar-refractivity contribution < 1.29 is 40.7 Å². The van der Waals surface area contributed by atoms with E-state index in [1.165, 1.54) is 12.1 Å². The van der Waals surface area contributed by atoms with Gasteiger partial charge < -0.3 is 24.5 Å². The maximum atomic E-state index is 12.8. The molecule has 5 rings (SSSR count). The Hall–Kier alpha value is -4.13. The van der Waals surface area contributed by atoms with Crippen molar-refractivity contribution in [2.24, 2.45) is 0 Å². The van der Waals surface area contributed by atoms with E-state index >= 15 is 0 Å². The van der Waals surface area contributed by atoms with Crippen molar-refractivity contribution in [2.75, 3.05) is 36.4 Å². The fourth-order valence-corrected chi connectivity index (χ4v) is 5.54. The topological polar surface area (TPSA) is 74.8 Å². The number of nitrogens with one attached hydrogen (secondary N) is 1. The first-order chi connectivity index (χ1) is 22.0. The van der Waals surface area contributed by atoms with Gasteiger partial charge in [0, 0.05) is 56.7 Å². The highest BCUT2D eigenvalue weighted by molar-refractivity contribution is 5.46. The van der Waals surface area contributed by atoms with E-state index in [9.17, 15) is 26.3 Å². The van der Waals surface area contributed by atoms with Gasteiger partial charge in [0.1, 0.15) is 25.1 Å². The largest absolute Gasteiger partial charge is 0.490 e. The van der Waals surface area contributed by atoms with Gasteiger partial charge in [-0.15, -0.1) is 0 Å². The van der Waals surface area contributed by atoms with Gasteiger partial charge in [-0.2, -0.15) is 26.3 Å². The van der Waals surface area contributed by atoms with Crippen LogP contribution in [0.25, 0.3) is 0 Å². The third-order valence-electron chi connectivity index (χ3n) is 7.81. The zero-order valence-electron chi connectivity index (χ0n) is 25.3. The van der Waals surface area contributed by atoms with E-state index in [1.807, 2.05) is 25.7 Å². The lowest BCUT2D eigenvalue weighted by atomic mass is 9.92. The van der Waals surface area contributed by atoms with Gasteiger partial charge in [0.2, 0.25) is 0 Å². The molecule has 1 saturated heterocycles.